The van der Waals surface area contributed by atoms with Crippen LogP contribution in [-0.4, -0.2) is 24.5 Å². The summed E-state index contributed by atoms with van der Waals surface area (Å²) in [6, 6.07) is 0. The summed E-state index contributed by atoms with van der Waals surface area (Å²) in [4.78, 5) is 2.61. The van der Waals surface area contributed by atoms with Gasteiger partial charge in [0, 0.05) is 6.54 Å². The van der Waals surface area contributed by atoms with Crippen LogP contribution in [0.5, 0.6) is 0 Å². The third-order valence-electron chi connectivity index (χ3n) is 3.48. The van der Waals surface area contributed by atoms with Crippen LogP contribution in [0.15, 0.2) is 0 Å². The largest absolute Gasteiger partial charge is 0.303 e. The highest BCUT2D eigenvalue weighted by molar-refractivity contribution is 4.73. The van der Waals surface area contributed by atoms with E-state index in [0.29, 0.717) is 0 Å². The van der Waals surface area contributed by atoms with Crippen molar-refractivity contribution in [3.8, 4) is 0 Å². The first-order chi connectivity index (χ1) is 6.26. The number of hydrogen-bond acceptors (Lipinski definition) is 1. The maximum absolute atomic E-state index is 2.61. The van der Waals surface area contributed by atoms with E-state index in [2.05, 4.69) is 25.7 Å². The molecule has 0 spiro atoms. The van der Waals surface area contributed by atoms with E-state index in [4.69, 9.17) is 0 Å². The Bertz CT molecular complexity index is 131. The first-order valence-corrected chi connectivity index (χ1v) is 5.98. The van der Waals surface area contributed by atoms with Crippen molar-refractivity contribution in [1.82, 2.24) is 4.90 Å². The zero-order valence-corrected chi connectivity index (χ0v) is 9.55. The molecular formula is C12H25N. The predicted octanol–water partition coefficient (Wildman–Crippen LogP) is 3.15. The molecule has 0 aromatic carbocycles. The van der Waals surface area contributed by atoms with Gasteiger partial charge in [0.05, 0.1) is 0 Å². The molecule has 1 fully saturated rings. The van der Waals surface area contributed by atoms with Crippen LogP contribution in [0.3, 0.4) is 0 Å². The number of nitrogens with zero attached hydrogens (tertiary/aromatic N) is 1. The Morgan fingerprint density at radius 3 is 2.77 bits per heavy atom. The van der Waals surface area contributed by atoms with Gasteiger partial charge in [-0.2, -0.15) is 0 Å². The topological polar surface area (TPSA) is 3.24 Å². The summed E-state index contributed by atoms with van der Waals surface area (Å²) >= 11 is 0. The maximum Gasteiger partial charge on any atom is 0.000965 e. The molecule has 0 aliphatic carbocycles. The van der Waals surface area contributed by atoms with Gasteiger partial charge in [-0.05, 0) is 44.2 Å². The third kappa shape index (κ3) is 3.68. The summed E-state index contributed by atoms with van der Waals surface area (Å²) in [5.41, 5.74) is 0. The number of piperidine rings is 1. The SMILES string of the molecule is CC[C@H](C)C[C@@H]1CCCN(CC)C1. The molecule has 0 N–H and O–H groups in total. The lowest BCUT2D eigenvalue weighted by atomic mass is 9.88. The summed E-state index contributed by atoms with van der Waals surface area (Å²) in [6.07, 6.45) is 5.70. The molecule has 13 heavy (non-hydrogen) atoms. The Balaban J connectivity index is 2.25. The molecule has 0 radical (unpaired) electrons. The Kier molecular flexibility index (Phi) is 4.79. The monoisotopic (exact) mass is 183 g/mol. The number of likely N-dealkylation sites (tertiary alicyclic amines) is 1. The summed E-state index contributed by atoms with van der Waals surface area (Å²) in [7, 11) is 0. The molecule has 0 bridgehead atoms. The van der Waals surface area contributed by atoms with Gasteiger partial charge < -0.3 is 4.90 Å². The second-order valence-corrected chi connectivity index (χ2v) is 4.65. The molecule has 1 aliphatic heterocycles. The molecule has 1 nitrogen and oxygen atoms in total. The quantitative estimate of drug-likeness (QED) is 0.647. The normalized spacial score (nSPS) is 27.5. The lowest BCUT2D eigenvalue weighted by Crippen LogP contribution is -2.35. The van der Waals surface area contributed by atoms with Crippen LogP contribution >= 0.6 is 0 Å². The highest BCUT2D eigenvalue weighted by atomic mass is 15.1. The van der Waals surface area contributed by atoms with E-state index < -0.39 is 0 Å². The van der Waals surface area contributed by atoms with Gasteiger partial charge in [0.1, 0.15) is 0 Å². The molecule has 1 rings (SSSR count). The van der Waals surface area contributed by atoms with E-state index >= 15 is 0 Å². The van der Waals surface area contributed by atoms with Crippen LogP contribution in [0.4, 0.5) is 0 Å². The second-order valence-electron chi connectivity index (χ2n) is 4.65. The van der Waals surface area contributed by atoms with Crippen molar-refractivity contribution < 1.29 is 0 Å². The molecule has 0 amide bonds. The maximum atomic E-state index is 2.61. The second kappa shape index (κ2) is 5.64. The van der Waals surface area contributed by atoms with Crippen molar-refractivity contribution >= 4 is 0 Å². The van der Waals surface area contributed by atoms with E-state index in [1.165, 1.54) is 45.3 Å². The van der Waals surface area contributed by atoms with Crippen molar-refractivity contribution in [2.45, 2.75) is 46.5 Å². The number of hydrogen-bond donors (Lipinski definition) is 0. The molecule has 0 aromatic rings. The highest BCUT2D eigenvalue weighted by Gasteiger charge is 2.19. The van der Waals surface area contributed by atoms with Crippen molar-refractivity contribution in [3.63, 3.8) is 0 Å². The van der Waals surface area contributed by atoms with Crippen LogP contribution < -0.4 is 0 Å². The van der Waals surface area contributed by atoms with Crippen LogP contribution in [0.2, 0.25) is 0 Å². The van der Waals surface area contributed by atoms with E-state index in [-0.39, 0.29) is 0 Å². The number of rotatable bonds is 4. The lowest BCUT2D eigenvalue weighted by molar-refractivity contribution is 0.163. The minimum absolute atomic E-state index is 0.932. The van der Waals surface area contributed by atoms with Gasteiger partial charge >= 0.3 is 0 Å². The van der Waals surface area contributed by atoms with Crippen LogP contribution in [0, 0.1) is 11.8 Å². The van der Waals surface area contributed by atoms with Crippen LogP contribution in [0.1, 0.15) is 46.5 Å². The zero-order chi connectivity index (χ0) is 9.68. The molecule has 0 aromatic heterocycles. The average Bonchev–Trinajstić information content (AvgIpc) is 2.18. The van der Waals surface area contributed by atoms with Gasteiger partial charge in [-0.25, -0.2) is 0 Å². The molecule has 78 valence electrons. The van der Waals surface area contributed by atoms with E-state index in [0.717, 1.165) is 11.8 Å². The Morgan fingerprint density at radius 1 is 1.38 bits per heavy atom. The van der Waals surface area contributed by atoms with Gasteiger partial charge in [0.15, 0.2) is 0 Å². The van der Waals surface area contributed by atoms with Crippen molar-refractivity contribution in [3.05, 3.63) is 0 Å². The van der Waals surface area contributed by atoms with Crippen LogP contribution in [0.25, 0.3) is 0 Å². The molecule has 1 heteroatoms. The fraction of sp³-hybridized carbons (Fsp3) is 1.00. The molecule has 0 saturated carbocycles. The van der Waals surface area contributed by atoms with Gasteiger partial charge in [0.2, 0.25) is 0 Å². The van der Waals surface area contributed by atoms with Gasteiger partial charge in [-0.1, -0.05) is 27.2 Å². The molecule has 1 saturated heterocycles. The standard InChI is InChI=1S/C12H25N/c1-4-11(3)9-12-7-6-8-13(5-2)10-12/h11-12H,4-10H2,1-3H3/t11-,12-/m0/s1. The fourth-order valence-electron chi connectivity index (χ4n) is 2.37. The molecule has 1 heterocycles. The minimum Gasteiger partial charge on any atom is -0.303 e. The zero-order valence-electron chi connectivity index (χ0n) is 9.55. The Morgan fingerprint density at radius 2 is 2.15 bits per heavy atom. The van der Waals surface area contributed by atoms with E-state index in [1.807, 2.05) is 0 Å². The first kappa shape index (κ1) is 11.0. The first-order valence-electron chi connectivity index (χ1n) is 5.98. The average molecular weight is 183 g/mol. The predicted molar refractivity (Wildman–Crippen MR) is 58.9 cm³/mol. The van der Waals surface area contributed by atoms with Crippen molar-refractivity contribution in [1.29, 1.82) is 0 Å². The molecule has 2 atom stereocenters. The van der Waals surface area contributed by atoms with E-state index in [1.54, 1.807) is 0 Å². The summed E-state index contributed by atoms with van der Waals surface area (Å²) < 4.78 is 0. The smallest absolute Gasteiger partial charge is 0.000965 e. The highest BCUT2D eigenvalue weighted by Crippen LogP contribution is 2.24. The van der Waals surface area contributed by atoms with Crippen molar-refractivity contribution in [2.75, 3.05) is 19.6 Å². The van der Waals surface area contributed by atoms with E-state index in [9.17, 15) is 0 Å². The van der Waals surface area contributed by atoms with Crippen molar-refractivity contribution in [2.24, 2.45) is 11.8 Å². The summed E-state index contributed by atoms with van der Waals surface area (Å²) in [6.45, 7) is 10.9. The third-order valence-corrected chi connectivity index (χ3v) is 3.48. The Hall–Kier alpha value is -0.0400. The molecule has 1 aliphatic rings. The minimum atomic E-state index is 0.932. The van der Waals surface area contributed by atoms with Gasteiger partial charge in [-0.3, -0.25) is 0 Å². The lowest BCUT2D eigenvalue weighted by Gasteiger charge is -2.33. The Labute approximate surface area is 83.5 Å². The van der Waals surface area contributed by atoms with Gasteiger partial charge in [0.25, 0.3) is 0 Å². The molecule has 0 unspecified atom stereocenters. The fourth-order valence-corrected chi connectivity index (χ4v) is 2.37. The van der Waals surface area contributed by atoms with Crippen LogP contribution in [-0.2, 0) is 0 Å². The summed E-state index contributed by atoms with van der Waals surface area (Å²) in [5.74, 6) is 1.92. The van der Waals surface area contributed by atoms with Gasteiger partial charge in [-0.15, -0.1) is 0 Å². The molecular weight excluding hydrogens is 158 g/mol. The summed E-state index contributed by atoms with van der Waals surface area (Å²) in [5, 5.41) is 0.